The molecule has 0 spiro atoms. The Bertz CT molecular complexity index is 470. The minimum absolute atomic E-state index is 0.195. The maximum Gasteiger partial charge on any atom is 0.333 e. The van der Waals surface area contributed by atoms with Gasteiger partial charge in [0.05, 0.1) is 12.0 Å². The molecular weight excluding hydrogens is 168 g/mol. The van der Waals surface area contributed by atoms with Crippen molar-refractivity contribution in [1.82, 2.24) is 19.4 Å². The minimum atomic E-state index is -0.195. The summed E-state index contributed by atoms with van der Waals surface area (Å²) in [4.78, 5) is 21.9. The first-order chi connectivity index (χ1) is 6.33. The Morgan fingerprint density at radius 3 is 3.15 bits per heavy atom. The highest BCUT2D eigenvalue weighted by atomic mass is 16.1. The molecule has 2 aromatic heterocycles. The first kappa shape index (κ1) is 7.97. The van der Waals surface area contributed by atoms with E-state index in [2.05, 4.69) is 21.9 Å². The zero-order chi connectivity index (χ0) is 9.26. The zero-order valence-corrected chi connectivity index (χ0v) is 7.32. The van der Waals surface area contributed by atoms with Crippen LogP contribution in [0.15, 0.2) is 17.4 Å². The molecule has 0 aliphatic heterocycles. The van der Waals surface area contributed by atoms with Gasteiger partial charge in [0, 0.05) is 0 Å². The van der Waals surface area contributed by atoms with Crippen molar-refractivity contribution in [2.75, 3.05) is 0 Å². The molecule has 0 saturated carbocycles. The number of hydrogen-bond donors (Lipinski definition) is 1. The average molecular weight is 178 g/mol. The second kappa shape index (κ2) is 3.01. The number of H-pyrrole nitrogens is 1. The average Bonchev–Trinajstić information content (AvgIpc) is 2.51. The van der Waals surface area contributed by atoms with Gasteiger partial charge in [-0.1, -0.05) is 13.3 Å². The third-order valence-electron chi connectivity index (χ3n) is 1.90. The van der Waals surface area contributed by atoms with E-state index in [1.165, 1.54) is 17.1 Å². The Labute approximate surface area is 74.5 Å². The number of hydrogen-bond acceptors (Lipinski definition) is 3. The van der Waals surface area contributed by atoms with Crippen LogP contribution in [0.3, 0.4) is 0 Å². The van der Waals surface area contributed by atoms with E-state index in [0.29, 0.717) is 5.65 Å². The summed E-state index contributed by atoms with van der Waals surface area (Å²) >= 11 is 0. The van der Waals surface area contributed by atoms with Crippen molar-refractivity contribution in [2.24, 2.45) is 0 Å². The molecule has 1 N–H and O–H groups in total. The van der Waals surface area contributed by atoms with E-state index in [1.54, 1.807) is 0 Å². The van der Waals surface area contributed by atoms with Gasteiger partial charge in [0.1, 0.15) is 6.33 Å². The number of imidazole rings is 1. The van der Waals surface area contributed by atoms with Crippen LogP contribution in [0, 0.1) is 0 Å². The van der Waals surface area contributed by atoms with Gasteiger partial charge in [-0.15, -0.1) is 0 Å². The van der Waals surface area contributed by atoms with Crippen molar-refractivity contribution in [3.63, 3.8) is 0 Å². The topological polar surface area (TPSA) is 63.1 Å². The number of nitrogens with one attached hydrogen (secondary N) is 1. The number of aromatic nitrogens is 4. The Hall–Kier alpha value is -1.65. The standard InChI is InChI=1S/C8H10N4O/c1-2-3-6-7-9-4-10-8(13)12(7)5-11-6/h4-5H,2-3H2,1H3,(H,9,10,13). The molecule has 5 heteroatoms. The van der Waals surface area contributed by atoms with Gasteiger partial charge >= 0.3 is 5.69 Å². The fourth-order valence-corrected chi connectivity index (χ4v) is 1.30. The molecule has 0 radical (unpaired) electrons. The number of aromatic amines is 1. The summed E-state index contributed by atoms with van der Waals surface area (Å²) in [7, 11) is 0. The maximum atomic E-state index is 11.2. The monoisotopic (exact) mass is 178 g/mol. The van der Waals surface area contributed by atoms with Gasteiger partial charge in [-0.25, -0.2) is 19.2 Å². The lowest BCUT2D eigenvalue weighted by Crippen LogP contribution is -2.15. The van der Waals surface area contributed by atoms with Crippen molar-refractivity contribution in [1.29, 1.82) is 0 Å². The Kier molecular flexibility index (Phi) is 1.84. The van der Waals surface area contributed by atoms with E-state index in [9.17, 15) is 4.79 Å². The molecule has 0 atom stereocenters. The molecule has 0 saturated heterocycles. The highest BCUT2D eigenvalue weighted by molar-refractivity contribution is 5.42. The molecule has 5 nitrogen and oxygen atoms in total. The lowest BCUT2D eigenvalue weighted by molar-refractivity contribution is 0.893. The van der Waals surface area contributed by atoms with Crippen molar-refractivity contribution in [3.05, 3.63) is 28.8 Å². The molecule has 2 rings (SSSR count). The van der Waals surface area contributed by atoms with E-state index < -0.39 is 0 Å². The van der Waals surface area contributed by atoms with Gasteiger partial charge in [0.25, 0.3) is 0 Å². The molecule has 0 unspecified atom stereocenters. The molecule has 2 heterocycles. The van der Waals surface area contributed by atoms with E-state index in [0.717, 1.165) is 18.5 Å². The number of fused-ring (bicyclic) bond motifs is 1. The lowest BCUT2D eigenvalue weighted by atomic mass is 10.3. The summed E-state index contributed by atoms with van der Waals surface area (Å²) in [6, 6.07) is 0. The predicted octanol–water partition coefficient (Wildman–Crippen LogP) is 0.370. The lowest BCUT2D eigenvalue weighted by Gasteiger charge is -1.92. The van der Waals surface area contributed by atoms with Crippen molar-refractivity contribution >= 4 is 5.65 Å². The summed E-state index contributed by atoms with van der Waals surface area (Å²) in [5.41, 5.74) is 1.35. The van der Waals surface area contributed by atoms with Gasteiger partial charge in [-0.05, 0) is 6.42 Å². The number of nitrogens with zero attached hydrogens (tertiary/aromatic N) is 3. The minimum Gasteiger partial charge on any atom is -0.298 e. The van der Waals surface area contributed by atoms with Gasteiger partial charge in [-0.3, -0.25) is 4.98 Å². The molecule has 68 valence electrons. The highest BCUT2D eigenvalue weighted by Gasteiger charge is 2.05. The molecule has 0 fully saturated rings. The summed E-state index contributed by atoms with van der Waals surface area (Å²) in [5.74, 6) is 0. The quantitative estimate of drug-likeness (QED) is 0.722. The predicted molar refractivity (Wildman–Crippen MR) is 47.6 cm³/mol. The van der Waals surface area contributed by atoms with Crippen LogP contribution in [0.1, 0.15) is 19.0 Å². The molecular formula is C8H10N4O. The largest absolute Gasteiger partial charge is 0.333 e. The number of aryl methyl sites for hydroxylation is 1. The van der Waals surface area contributed by atoms with Crippen LogP contribution >= 0.6 is 0 Å². The summed E-state index contributed by atoms with van der Waals surface area (Å²) < 4.78 is 1.42. The maximum absolute atomic E-state index is 11.2. The summed E-state index contributed by atoms with van der Waals surface area (Å²) in [6.45, 7) is 2.07. The fraction of sp³-hybridized carbons (Fsp3) is 0.375. The smallest absolute Gasteiger partial charge is 0.298 e. The third-order valence-corrected chi connectivity index (χ3v) is 1.90. The van der Waals surface area contributed by atoms with Crippen molar-refractivity contribution in [2.45, 2.75) is 19.8 Å². The van der Waals surface area contributed by atoms with E-state index in [-0.39, 0.29) is 5.69 Å². The fourth-order valence-electron chi connectivity index (χ4n) is 1.30. The first-order valence-corrected chi connectivity index (χ1v) is 4.22. The van der Waals surface area contributed by atoms with E-state index >= 15 is 0 Å². The molecule has 0 bridgehead atoms. The molecule has 0 amide bonds. The normalized spacial score (nSPS) is 10.8. The molecule has 0 aromatic carbocycles. The van der Waals surface area contributed by atoms with Crippen LogP contribution in [-0.2, 0) is 6.42 Å². The molecule has 13 heavy (non-hydrogen) atoms. The molecule has 2 aromatic rings. The van der Waals surface area contributed by atoms with Crippen LogP contribution in [-0.4, -0.2) is 19.4 Å². The SMILES string of the molecule is CCCc1ncn2c(=O)[nH]cnc12. The van der Waals surface area contributed by atoms with Gasteiger partial charge < -0.3 is 0 Å². The third kappa shape index (κ3) is 1.22. The van der Waals surface area contributed by atoms with Crippen molar-refractivity contribution in [3.8, 4) is 0 Å². The number of rotatable bonds is 2. The van der Waals surface area contributed by atoms with Crippen LogP contribution in [0.25, 0.3) is 5.65 Å². The zero-order valence-electron chi connectivity index (χ0n) is 7.32. The summed E-state index contributed by atoms with van der Waals surface area (Å²) in [6.07, 6.45) is 4.76. The molecule has 0 aliphatic carbocycles. The summed E-state index contributed by atoms with van der Waals surface area (Å²) in [5, 5.41) is 0. The highest BCUT2D eigenvalue weighted by Crippen LogP contribution is 2.04. The van der Waals surface area contributed by atoms with Crippen LogP contribution in [0.4, 0.5) is 0 Å². The Morgan fingerprint density at radius 2 is 2.38 bits per heavy atom. The van der Waals surface area contributed by atoms with Gasteiger partial charge in [0.2, 0.25) is 0 Å². The van der Waals surface area contributed by atoms with E-state index in [1.807, 2.05) is 0 Å². The van der Waals surface area contributed by atoms with Crippen LogP contribution < -0.4 is 5.69 Å². The van der Waals surface area contributed by atoms with Crippen molar-refractivity contribution < 1.29 is 0 Å². The van der Waals surface area contributed by atoms with Crippen LogP contribution in [0.5, 0.6) is 0 Å². The van der Waals surface area contributed by atoms with Gasteiger partial charge in [0.15, 0.2) is 5.65 Å². The second-order valence-electron chi connectivity index (χ2n) is 2.84. The molecule has 0 aliphatic rings. The Balaban J connectivity index is 2.68. The van der Waals surface area contributed by atoms with Crippen LogP contribution in [0.2, 0.25) is 0 Å². The first-order valence-electron chi connectivity index (χ1n) is 4.22. The van der Waals surface area contributed by atoms with E-state index in [4.69, 9.17) is 0 Å². The second-order valence-corrected chi connectivity index (χ2v) is 2.84. The Morgan fingerprint density at radius 1 is 1.54 bits per heavy atom. The van der Waals surface area contributed by atoms with Gasteiger partial charge in [-0.2, -0.15) is 0 Å².